The van der Waals surface area contributed by atoms with E-state index in [4.69, 9.17) is 16.3 Å². The first-order valence-corrected chi connectivity index (χ1v) is 9.28. The quantitative estimate of drug-likeness (QED) is 0.402. The second-order valence-corrected chi connectivity index (χ2v) is 6.52. The lowest BCUT2D eigenvalue weighted by Gasteiger charge is -2.25. The molecule has 120 valence electrons. The van der Waals surface area contributed by atoms with Gasteiger partial charge in [-0.05, 0) is 12.8 Å². The zero-order valence-electron chi connectivity index (χ0n) is 12.1. The van der Waals surface area contributed by atoms with Crippen molar-refractivity contribution in [2.75, 3.05) is 29.2 Å². The summed E-state index contributed by atoms with van der Waals surface area (Å²) in [6, 6.07) is 0.585. The van der Waals surface area contributed by atoms with Gasteiger partial charge in [0.05, 0.1) is 47.1 Å². The molecule has 6 nitrogen and oxygen atoms in total. The number of aromatic nitrogens is 2. The van der Waals surface area contributed by atoms with Gasteiger partial charge in [-0.25, -0.2) is 9.97 Å². The number of ether oxygens (including phenoxy) is 1. The average Bonchev–Trinajstić information content (AvgIpc) is 3.10. The minimum atomic E-state index is 0.191. The molecule has 3 heterocycles. The number of amides is 1. The third kappa shape index (κ3) is 3.30. The molecule has 2 aliphatic rings. The summed E-state index contributed by atoms with van der Waals surface area (Å²) in [6.07, 6.45) is 5.64. The maximum atomic E-state index is 12.3. The van der Waals surface area contributed by atoms with Crippen molar-refractivity contribution in [3.05, 3.63) is 17.4 Å². The van der Waals surface area contributed by atoms with Crippen LogP contribution in [0.3, 0.4) is 0 Å². The van der Waals surface area contributed by atoms with Gasteiger partial charge in [-0.2, -0.15) is 0 Å². The van der Waals surface area contributed by atoms with Gasteiger partial charge >= 0.3 is 0 Å². The van der Waals surface area contributed by atoms with Crippen LogP contribution >= 0.6 is 34.2 Å². The maximum absolute atomic E-state index is 12.3. The molecule has 8 heteroatoms. The van der Waals surface area contributed by atoms with Crippen LogP contribution in [0, 0.1) is 0 Å². The highest BCUT2D eigenvalue weighted by molar-refractivity contribution is 14.1. The molecule has 3 rings (SSSR count). The molecule has 0 N–H and O–H groups in total. The Kier molecular flexibility index (Phi) is 5.35. The molecule has 1 amide bonds. The molecule has 2 atom stereocenters. The van der Waals surface area contributed by atoms with Crippen molar-refractivity contribution in [3.8, 4) is 0 Å². The zero-order valence-corrected chi connectivity index (χ0v) is 15.0. The molecule has 22 heavy (non-hydrogen) atoms. The van der Waals surface area contributed by atoms with Gasteiger partial charge in [-0.15, -0.1) is 0 Å². The molecule has 0 saturated carbocycles. The summed E-state index contributed by atoms with van der Waals surface area (Å²) in [6.45, 7) is 2.19. The van der Waals surface area contributed by atoms with Crippen LogP contribution < -0.4 is 4.90 Å². The number of alkyl halides is 1. The monoisotopic (exact) mass is 436 g/mol. The summed E-state index contributed by atoms with van der Waals surface area (Å²) in [4.78, 5) is 25.2. The molecule has 1 aromatic heterocycles. The van der Waals surface area contributed by atoms with Crippen molar-refractivity contribution in [1.29, 1.82) is 0 Å². The first-order valence-electron chi connectivity index (χ1n) is 7.38. The molecular formula is C14H18ClIN4O2. The fourth-order valence-electron chi connectivity index (χ4n) is 3.36. The van der Waals surface area contributed by atoms with Crippen molar-refractivity contribution in [1.82, 2.24) is 14.9 Å². The Morgan fingerprint density at radius 3 is 2.77 bits per heavy atom. The first kappa shape index (κ1) is 16.2. The van der Waals surface area contributed by atoms with E-state index in [2.05, 4.69) is 37.5 Å². The van der Waals surface area contributed by atoms with Gasteiger partial charge in [-0.3, -0.25) is 4.79 Å². The van der Waals surface area contributed by atoms with Gasteiger partial charge < -0.3 is 14.5 Å². The smallest absolute Gasteiger partial charge is 0.225 e. The summed E-state index contributed by atoms with van der Waals surface area (Å²) in [5, 5.41) is 0.540. The second-order valence-electron chi connectivity index (χ2n) is 5.46. The van der Waals surface area contributed by atoms with Gasteiger partial charge in [0.2, 0.25) is 11.9 Å². The fourth-order valence-corrected chi connectivity index (χ4v) is 3.76. The number of hydrogen-bond donors (Lipinski definition) is 0. The summed E-state index contributed by atoms with van der Waals surface area (Å²) >= 11 is 7.99. The Hall–Kier alpha value is -0.670. The topological polar surface area (TPSA) is 58.6 Å². The normalized spacial score (nSPS) is 23.9. The Bertz CT molecular complexity index is 530. The van der Waals surface area contributed by atoms with E-state index in [9.17, 15) is 4.79 Å². The Labute approximate surface area is 148 Å². The van der Waals surface area contributed by atoms with Crippen molar-refractivity contribution in [2.24, 2.45) is 0 Å². The standard InChI is InChI=1S/C14H18ClIN4O2/c15-10-7-17-14(18-8-10)20-5-2-11-12(20)1-4-19(11)13(21)3-6-22-9-16/h7-8,11-12H,1-6,9H2/t11-,12-/m1/s1. The number of carbonyl (C=O) groups excluding carboxylic acids is 1. The van der Waals surface area contributed by atoms with Crippen LogP contribution in [0.2, 0.25) is 5.02 Å². The van der Waals surface area contributed by atoms with Crippen LogP contribution in [0.25, 0.3) is 0 Å². The van der Waals surface area contributed by atoms with Crippen molar-refractivity contribution in [2.45, 2.75) is 31.3 Å². The molecule has 1 aromatic rings. The highest BCUT2D eigenvalue weighted by Crippen LogP contribution is 2.34. The lowest BCUT2D eigenvalue weighted by Crippen LogP contribution is -2.40. The van der Waals surface area contributed by atoms with Crippen LogP contribution in [0.15, 0.2) is 12.4 Å². The summed E-state index contributed by atoms with van der Waals surface area (Å²) < 4.78 is 5.90. The van der Waals surface area contributed by atoms with Crippen molar-refractivity contribution in [3.63, 3.8) is 0 Å². The number of hydrogen-bond acceptors (Lipinski definition) is 5. The van der Waals surface area contributed by atoms with E-state index in [0.717, 1.165) is 25.9 Å². The lowest BCUT2D eigenvalue weighted by molar-refractivity contribution is -0.132. The van der Waals surface area contributed by atoms with E-state index in [1.807, 2.05) is 4.90 Å². The highest BCUT2D eigenvalue weighted by atomic mass is 127. The van der Waals surface area contributed by atoms with E-state index < -0.39 is 0 Å². The van der Waals surface area contributed by atoms with E-state index in [-0.39, 0.29) is 11.9 Å². The molecule has 0 spiro atoms. The van der Waals surface area contributed by atoms with Gasteiger partial charge in [-0.1, -0.05) is 34.2 Å². The van der Waals surface area contributed by atoms with Gasteiger partial charge in [0.1, 0.15) is 0 Å². The summed E-state index contributed by atoms with van der Waals surface area (Å²) in [5.41, 5.74) is 0. The third-order valence-corrected chi connectivity index (χ3v) is 4.93. The molecule has 0 aliphatic carbocycles. The number of nitrogens with zero attached hydrogens (tertiary/aromatic N) is 4. The van der Waals surface area contributed by atoms with E-state index >= 15 is 0 Å². The summed E-state index contributed by atoms with van der Waals surface area (Å²) in [7, 11) is 0. The number of fused-ring (bicyclic) bond motifs is 1. The third-order valence-electron chi connectivity index (χ3n) is 4.30. The van der Waals surface area contributed by atoms with Crippen LogP contribution in [-0.4, -0.2) is 57.2 Å². The Morgan fingerprint density at radius 2 is 2.05 bits per heavy atom. The molecule has 2 saturated heterocycles. The molecule has 2 fully saturated rings. The molecular weight excluding hydrogens is 419 g/mol. The van der Waals surface area contributed by atoms with Gasteiger partial charge in [0.25, 0.3) is 0 Å². The zero-order chi connectivity index (χ0) is 15.5. The van der Waals surface area contributed by atoms with E-state index in [1.165, 1.54) is 0 Å². The van der Waals surface area contributed by atoms with Crippen LogP contribution in [-0.2, 0) is 9.53 Å². The minimum Gasteiger partial charge on any atom is -0.371 e. The largest absolute Gasteiger partial charge is 0.371 e. The average molecular weight is 437 g/mol. The number of likely N-dealkylation sites (tertiary alicyclic amines) is 1. The van der Waals surface area contributed by atoms with Crippen LogP contribution in [0.1, 0.15) is 19.3 Å². The molecule has 0 radical (unpaired) electrons. The van der Waals surface area contributed by atoms with Crippen LogP contribution in [0.5, 0.6) is 0 Å². The van der Waals surface area contributed by atoms with Crippen molar-refractivity contribution < 1.29 is 9.53 Å². The number of carbonyl (C=O) groups is 1. The summed E-state index contributed by atoms with van der Waals surface area (Å²) in [5.74, 6) is 0.899. The lowest BCUT2D eigenvalue weighted by atomic mass is 10.1. The number of anilines is 1. The predicted octanol–water partition coefficient (Wildman–Crippen LogP) is 2.11. The Balaban J connectivity index is 1.63. The number of rotatable bonds is 5. The Morgan fingerprint density at radius 1 is 1.32 bits per heavy atom. The fraction of sp³-hybridized carbons (Fsp3) is 0.643. The molecule has 2 aliphatic heterocycles. The maximum Gasteiger partial charge on any atom is 0.225 e. The second kappa shape index (κ2) is 7.27. The number of halogens is 2. The highest BCUT2D eigenvalue weighted by Gasteiger charge is 2.44. The molecule has 0 unspecified atom stereocenters. The van der Waals surface area contributed by atoms with E-state index in [0.29, 0.717) is 34.7 Å². The first-order chi connectivity index (χ1) is 10.7. The van der Waals surface area contributed by atoms with Crippen LogP contribution in [0.4, 0.5) is 5.95 Å². The molecule has 0 bridgehead atoms. The van der Waals surface area contributed by atoms with Gasteiger partial charge in [0.15, 0.2) is 0 Å². The van der Waals surface area contributed by atoms with Gasteiger partial charge in [0, 0.05) is 13.1 Å². The predicted molar refractivity (Wildman–Crippen MR) is 92.4 cm³/mol. The van der Waals surface area contributed by atoms with Crippen molar-refractivity contribution >= 4 is 46.0 Å². The SMILES string of the molecule is O=C(CCOCI)N1CC[C@@H]2[C@H]1CCN2c1ncc(Cl)cn1. The minimum absolute atomic E-state index is 0.191. The molecule has 0 aromatic carbocycles. The van der Waals surface area contributed by atoms with E-state index in [1.54, 1.807) is 12.4 Å².